The monoisotopic (exact) mass is 365 g/mol. The maximum atomic E-state index is 12.8. The lowest BCUT2D eigenvalue weighted by molar-refractivity contribution is -0.113. The van der Waals surface area contributed by atoms with Gasteiger partial charge in [-0.1, -0.05) is 48.2 Å². The molecule has 3 rings (SSSR count). The number of hydrogen-bond acceptors (Lipinski definition) is 5. The van der Waals surface area contributed by atoms with Crippen LogP contribution in [0.3, 0.4) is 0 Å². The summed E-state index contributed by atoms with van der Waals surface area (Å²) in [6.45, 7) is 0. The average Bonchev–Trinajstić information content (AvgIpc) is 2.89. The Kier molecular flexibility index (Phi) is 4.88. The Morgan fingerprint density at radius 3 is 2.48 bits per heavy atom. The Bertz CT molecular complexity index is 911. The summed E-state index contributed by atoms with van der Waals surface area (Å²) in [5.74, 6) is -0.200. The van der Waals surface area contributed by atoms with Gasteiger partial charge in [-0.15, -0.1) is 0 Å². The first kappa shape index (κ1) is 17.2. The van der Waals surface area contributed by atoms with E-state index < -0.39 is 0 Å². The second-order valence-electron chi connectivity index (χ2n) is 5.63. The third-order valence-electron chi connectivity index (χ3n) is 3.77. The number of carbonyl (C=O) groups excluding carboxylic acids is 1. The third kappa shape index (κ3) is 3.43. The molecule has 1 aliphatic rings. The molecule has 2 aromatic carbocycles. The molecule has 1 amide bonds. The van der Waals surface area contributed by atoms with Crippen molar-refractivity contribution in [1.29, 1.82) is 5.26 Å². The van der Waals surface area contributed by atoms with Crippen molar-refractivity contribution < 1.29 is 4.79 Å². The minimum absolute atomic E-state index is 0.200. The van der Waals surface area contributed by atoms with Crippen LogP contribution >= 0.6 is 24.0 Å². The topological polar surface area (TPSA) is 47.3 Å². The maximum absolute atomic E-state index is 12.8. The van der Waals surface area contributed by atoms with E-state index in [1.807, 2.05) is 49.3 Å². The normalized spacial score (nSPS) is 15.6. The predicted octanol–water partition coefficient (Wildman–Crippen LogP) is 4.03. The van der Waals surface area contributed by atoms with Crippen molar-refractivity contribution in [2.75, 3.05) is 23.9 Å². The molecule has 0 unspecified atom stereocenters. The lowest BCUT2D eigenvalue weighted by atomic mass is 10.1. The standard InChI is InChI=1S/C19H15N3OS2/c1-21(2)15-9-7-13(8-10-15)11-17-18(23)22(19(24)25-17)16-6-4-3-5-14(16)12-20/h3-11H,1-2H3/b17-11-. The van der Waals surface area contributed by atoms with Crippen LogP contribution in [0.4, 0.5) is 11.4 Å². The van der Waals surface area contributed by atoms with Crippen molar-refractivity contribution in [1.82, 2.24) is 0 Å². The Morgan fingerprint density at radius 1 is 1.16 bits per heavy atom. The molecule has 0 radical (unpaired) electrons. The fourth-order valence-corrected chi connectivity index (χ4v) is 3.74. The second-order valence-corrected chi connectivity index (χ2v) is 7.31. The number of carbonyl (C=O) groups is 1. The van der Waals surface area contributed by atoms with Crippen molar-refractivity contribution >= 4 is 51.7 Å². The molecule has 1 aliphatic heterocycles. The summed E-state index contributed by atoms with van der Waals surface area (Å²) in [6, 6.07) is 17.0. The molecule has 1 heterocycles. The van der Waals surface area contributed by atoms with Crippen LogP contribution in [0.5, 0.6) is 0 Å². The van der Waals surface area contributed by atoms with Crippen molar-refractivity contribution in [2.24, 2.45) is 0 Å². The second kappa shape index (κ2) is 7.09. The number of thiocarbonyl (C=S) groups is 1. The zero-order valence-corrected chi connectivity index (χ0v) is 15.4. The summed E-state index contributed by atoms with van der Waals surface area (Å²) in [5, 5.41) is 9.27. The zero-order chi connectivity index (χ0) is 18.0. The Hall–Kier alpha value is -2.62. The summed E-state index contributed by atoms with van der Waals surface area (Å²) in [7, 11) is 3.96. The van der Waals surface area contributed by atoms with Crippen LogP contribution < -0.4 is 9.80 Å². The molecular formula is C19H15N3OS2. The number of para-hydroxylation sites is 1. The van der Waals surface area contributed by atoms with Crippen LogP contribution in [-0.2, 0) is 4.79 Å². The molecule has 0 aromatic heterocycles. The molecule has 0 spiro atoms. The molecule has 0 atom stereocenters. The van der Waals surface area contributed by atoms with Crippen LogP contribution in [0.1, 0.15) is 11.1 Å². The fraction of sp³-hybridized carbons (Fsp3) is 0.105. The van der Waals surface area contributed by atoms with Gasteiger partial charge >= 0.3 is 0 Å². The van der Waals surface area contributed by atoms with E-state index in [4.69, 9.17) is 12.2 Å². The first-order chi connectivity index (χ1) is 12.0. The minimum Gasteiger partial charge on any atom is -0.378 e. The van der Waals surface area contributed by atoms with Gasteiger partial charge < -0.3 is 4.90 Å². The van der Waals surface area contributed by atoms with Crippen molar-refractivity contribution in [3.8, 4) is 6.07 Å². The zero-order valence-electron chi connectivity index (χ0n) is 13.8. The minimum atomic E-state index is -0.200. The van der Waals surface area contributed by atoms with Gasteiger partial charge in [-0.05, 0) is 35.9 Å². The molecule has 0 N–H and O–H groups in total. The number of benzene rings is 2. The molecule has 0 bridgehead atoms. The van der Waals surface area contributed by atoms with E-state index in [2.05, 4.69) is 6.07 Å². The highest BCUT2D eigenvalue weighted by Crippen LogP contribution is 2.37. The number of rotatable bonds is 3. The lowest BCUT2D eigenvalue weighted by Crippen LogP contribution is -2.28. The van der Waals surface area contributed by atoms with Gasteiger partial charge in [0.25, 0.3) is 5.91 Å². The highest BCUT2D eigenvalue weighted by atomic mass is 32.2. The summed E-state index contributed by atoms with van der Waals surface area (Å²) in [4.78, 5) is 16.8. The molecule has 1 saturated heterocycles. The molecule has 4 nitrogen and oxygen atoms in total. The van der Waals surface area contributed by atoms with E-state index in [1.165, 1.54) is 16.7 Å². The van der Waals surface area contributed by atoms with Crippen LogP contribution in [-0.4, -0.2) is 24.3 Å². The van der Waals surface area contributed by atoms with E-state index in [1.54, 1.807) is 24.3 Å². The Balaban J connectivity index is 1.92. The summed E-state index contributed by atoms with van der Waals surface area (Å²) in [5.41, 5.74) is 2.97. The SMILES string of the molecule is CN(C)c1ccc(/C=C2\SC(=S)N(c3ccccc3C#N)C2=O)cc1. The van der Waals surface area contributed by atoms with E-state index in [0.717, 1.165) is 11.3 Å². The predicted molar refractivity (Wildman–Crippen MR) is 108 cm³/mol. The maximum Gasteiger partial charge on any atom is 0.270 e. The quantitative estimate of drug-likeness (QED) is 0.607. The van der Waals surface area contributed by atoms with Gasteiger partial charge in [-0.3, -0.25) is 9.69 Å². The Labute approximate surface area is 156 Å². The molecule has 1 fully saturated rings. The number of anilines is 2. The first-order valence-corrected chi connectivity index (χ1v) is 8.78. The highest BCUT2D eigenvalue weighted by Gasteiger charge is 2.34. The number of nitrogens with zero attached hydrogens (tertiary/aromatic N) is 3. The van der Waals surface area contributed by atoms with Gasteiger partial charge in [0.1, 0.15) is 6.07 Å². The summed E-state index contributed by atoms with van der Waals surface area (Å²) in [6.07, 6.45) is 1.83. The largest absolute Gasteiger partial charge is 0.378 e. The van der Waals surface area contributed by atoms with Crippen molar-refractivity contribution in [3.63, 3.8) is 0 Å². The van der Waals surface area contributed by atoms with E-state index in [0.29, 0.717) is 20.5 Å². The van der Waals surface area contributed by atoms with Gasteiger partial charge in [0.15, 0.2) is 4.32 Å². The Morgan fingerprint density at radius 2 is 1.84 bits per heavy atom. The van der Waals surface area contributed by atoms with Crippen LogP contribution in [0.25, 0.3) is 6.08 Å². The van der Waals surface area contributed by atoms with E-state index in [9.17, 15) is 10.1 Å². The van der Waals surface area contributed by atoms with E-state index >= 15 is 0 Å². The summed E-state index contributed by atoms with van der Waals surface area (Å²) < 4.78 is 0.434. The summed E-state index contributed by atoms with van der Waals surface area (Å²) >= 11 is 6.62. The van der Waals surface area contributed by atoms with Crippen LogP contribution in [0.15, 0.2) is 53.4 Å². The van der Waals surface area contributed by atoms with Gasteiger partial charge in [0.05, 0.1) is 16.2 Å². The molecule has 25 heavy (non-hydrogen) atoms. The number of nitriles is 1. The fourth-order valence-electron chi connectivity index (χ4n) is 2.46. The van der Waals surface area contributed by atoms with Crippen molar-refractivity contribution in [2.45, 2.75) is 0 Å². The smallest absolute Gasteiger partial charge is 0.270 e. The molecule has 0 saturated carbocycles. The first-order valence-electron chi connectivity index (χ1n) is 7.56. The number of hydrogen-bond donors (Lipinski definition) is 0. The molecule has 124 valence electrons. The van der Waals surface area contributed by atoms with Gasteiger partial charge in [0.2, 0.25) is 0 Å². The van der Waals surface area contributed by atoms with Gasteiger partial charge in [-0.25, -0.2) is 0 Å². The van der Waals surface area contributed by atoms with Crippen LogP contribution in [0.2, 0.25) is 0 Å². The molecular weight excluding hydrogens is 350 g/mol. The lowest BCUT2D eigenvalue weighted by Gasteiger charge is -2.15. The average molecular weight is 365 g/mol. The van der Waals surface area contributed by atoms with Gasteiger partial charge in [0, 0.05) is 19.8 Å². The molecule has 2 aromatic rings. The highest BCUT2D eigenvalue weighted by molar-refractivity contribution is 8.27. The van der Waals surface area contributed by atoms with E-state index in [-0.39, 0.29) is 5.91 Å². The number of amides is 1. The molecule has 6 heteroatoms. The third-order valence-corrected chi connectivity index (χ3v) is 5.07. The van der Waals surface area contributed by atoms with Crippen LogP contribution in [0, 0.1) is 11.3 Å². The molecule has 0 aliphatic carbocycles. The van der Waals surface area contributed by atoms with Gasteiger partial charge in [-0.2, -0.15) is 5.26 Å². The number of thioether (sulfide) groups is 1. The van der Waals surface area contributed by atoms with Crippen molar-refractivity contribution in [3.05, 3.63) is 64.6 Å².